The molecule has 16 rings (SSSR count). The number of rotatable bonds is 20. The van der Waals surface area contributed by atoms with Gasteiger partial charge in [0.25, 0.3) is 23.6 Å². The fourth-order valence-corrected chi connectivity index (χ4v) is 20.1. The van der Waals surface area contributed by atoms with Gasteiger partial charge >= 0.3 is 30.5 Å². The third kappa shape index (κ3) is 31.4. The number of benzene rings is 8. The van der Waals surface area contributed by atoms with Gasteiger partial charge in [0.05, 0.1) is 52.0 Å². The molecule has 144 heavy (non-hydrogen) atoms. The number of piperidine rings is 4. The summed E-state index contributed by atoms with van der Waals surface area (Å²) in [5.41, 5.74) is 8.09. The van der Waals surface area contributed by atoms with Crippen LogP contribution in [0.15, 0.2) is 179 Å². The molecule has 4 fully saturated rings. The lowest BCUT2D eigenvalue weighted by Gasteiger charge is -2.39. The first kappa shape index (κ1) is 111. The van der Waals surface area contributed by atoms with Gasteiger partial charge in [-0.3, -0.25) is 28.6 Å². The van der Waals surface area contributed by atoms with Crippen molar-refractivity contribution in [1.82, 2.24) is 40.4 Å². The number of nitrogens with one attached hydrogen (secondary N) is 5. The van der Waals surface area contributed by atoms with E-state index < -0.39 is 78.1 Å². The van der Waals surface area contributed by atoms with Crippen LogP contribution in [-0.4, -0.2) is 215 Å². The van der Waals surface area contributed by atoms with Crippen molar-refractivity contribution >= 4 is 130 Å². The number of carbonyl (C=O) groups excluding carboxylic acids is 9. The highest BCUT2D eigenvalue weighted by Gasteiger charge is 2.43. The molecule has 8 aliphatic rings. The predicted molar refractivity (Wildman–Crippen MR) is 557 cm³/mol. The number of likely N-dealkylation sites (tertiary alicyclic amines) is 3. The van der Waals surface area contributed by atoms with E-state index in [0.717, 1.165) is 85.9 Å². The topological polar surface area (TPSA) is 381 Å². The molecule has 32 nitrogen and oxygen atoms in total. The van der Waals surface area contributed by atoms with Gasteiger partial charge in [0.2, 0.25) is 20.0 Å². The number of fused-ring (bicyclic) bond motifs is 4. The third-order valence-electron chi connectivity index (χ3n) is 25.0. The molecule has 4 saturated heterocycles. The predicted octanol–water partition coefficient (Wildman–Crippen LogP) is 19.7. The second kappa shape index (κ2) is 46.8. The molecular weight excluding hydrogens is 2040 g/mol. The minimum Gasteiger partial charge on any atom is -0.493 e. The number of carbonyl (C=O) groups is 9. The van der Waals surface area contributed by atoms with Gasteiger partial charge in [-0.1, -0.05) is 105 Å². The van der Waals surface area contributed by atoms with Crippen LogP contribution in [0.3, 0.4) is 0 Å². The lowest BCUT2D eigenvalue weighted by atomic mass is 9.81. The standard InChI is InChI=1S/C31H41N3O8S.C30H37BrN2O6.C25H29BrN2O4.C21H25N3O4S.ClH/c1-30(2,3)41-28(36)33-15-14-25(20-8-11-23(12-9-20)32-43(7,38)39)22(17-33)19-40-24-13-10-21-18-34(27(35)26(21)16-24)29(37)42-31(4,5)6;1-29(2,3)38-27(35)32-14-13-24(19-7-10-22(31)11-8-19)21(16-32)18-37-23-12-9-20-17-33(26(34)25(20)15-23)28(36)39-30(4,5)6;1-25(2,3)32-24(30)28-11-10-21(16-4-7-19(26)8-5-16)18(14-28)15-31-20-9-6-17-13-27-23(29)22(17)12-20;1-29(26,27)24-17-5-2-14(3-6-17)19-8-9-22-11-16(19)13-28-18-7-4-15-12-23-21(25)20(15)10-18;/h8-13,16,22,25,32H,14-15,17-19H2,1-7H3;7-12,15,21,24H,13-14,16-18H2,1-6H3;4-9,12,18,21H,10-11,13-15H2,1-3H3,(H,27,29);2-7,10,16,19,22,24H,8-9,11-13H2,1H3,(H,23,25);1H/t22-,25-;21-,24-;18-,21-;16-,19-;/m0000./s1. The van der Waals surface area contributed by atoms with Crippen LogP contribution in [0.2, 0.25) is 0 Å². The van der Waals surface area contributed by atoms with Gasteiger partial charge in [-0.15, -0.1) is 12.4 Å². The van der Waals surface area contributed by atoms with Crippen LogP contribution in [0.5, 0.6) is 23.0 Å². The van der Waals surface area contributed by atoms with Crippen LogP contribution < -0.4 is 44.3 Å². The Morgan fingerprint density at radius 2 is 0.632 bits per heavy atom. The zero-order chi connectivity index (χ0) is 104. The zero-order valence-corrected chi connectivity index (χ0v) is 90.2. The molecule has 0 unspecified atom stereocenters. The Balaban J connectivity index is 0.000000172. The van der Waals surface area contributed by atoms with Gasteiger partial charge in [-0.2, -0.15) is 0 Å². The SMILES string of the molecule is CC(C)(C)OC(=O)N1CC[C@@H](c2ccc(Br)cc2)[C@H](COc2ccc3c(c2)C(=O)N(C(=O)OC(C)(C)C)C3)C1.CC(C)(C)OC(=O)N1CC[C@@H](c2ccc(Br)cc2)[C@H](COc2ccc3c(c2)C(=O)NC3)C1.CC(C)(C)OC(=O)N1CC[C@@H](c2ccc(NS(C)(=O)=O)cc2)[C@H](COc2ccc3c(c2)C(=O)N(C(=O)OC(C)(C)C)C3)C1.CS(=O)(=O)Nc1ccc([C@@H]2CCNC[C@H]2COc2ccc3c(c2)C(=O)NC3)cc1.Cl. The van der Waals surface area contributed by atoms with Crippen LogP contribution in [0.4, 0.5) is 35.3 Å². The Labute approximate surface area is 867 Å². The number of halogens is 3. The summed E-state index contributed by atoms with van der Waals surface area (Å²) in [7, 11) is -6.68. The first-order chi connectivity index (χ1) is 67.2. The molecule has 8 aromatic carbocycles. The maximum atomic E-state index is 13.0. The van der Waals surface area contributed by atoms with Gasteiger partial charge in [0.1, 0.15) is 51.0 Å². The second-order valence-corrected chi connectivity index (χ2v) is 47.7. The van der Waals surface area contributed by atoms with Crippen molar-refractivity contribution in [3.05, 3.63) is 246 Å². The Morgan fingerprint density at radius 1 is 0.361 bits per heavy atom. The number of imide groups is 2. The Bertz CT molecular complexity index is 6210. The van der Waals surface area contributed by atoms with Crippen molar-refractivity contribution < 1.29 is 103 Å². The number of amides is 9. The van der Waals surface area contributed by atoms with Crippen molar-refractivity contribution in [3.63, 3.8) is 0 Å². The first-order valence-corrected chi connectivity index (χ1v) is 53.5. The number of hydrogen-bond acceptors (Lipinski definition) is 23. The molecule has 5 N–H and O–H groups in total. The highest BCUT2D eigenvalue weighted by atomic mass is 79.9. The van der Waals surface area contributed by atoms with Gasteiger partial charge in [-0.05, 0) is 301 Å². The number of hydrogen-bond donors (Lipinski definition) is 5. The lowest BCUT2D eigenvalue weighted by molar-refractivity contribution is 0.0101. The maximum absolute atomic E-state index is 13.0. The first-order valence-electron chi connectivity index (χ1n) is 48.2. The van der Waals surface area contributed by atoms with E-state index in [1.807, 2.05) is 153 Å². The van der Waals surface area contributed by atoms with E-state index >= 15 is 0 Å². The van der Waals surface area contributed by atoms with Crippen molar-refractivity contribution in [2.24, 2.45) is 23.7 Å². The number of nitrogens with zero attached hydrogens (tertiary/aromatic N) is 5. The average Bonchev–Trinajstić information content (AvgIpc) is 1.71. The highest BCUT2D eigenvalue weighted by molar-refractivity contribution is 9.10. The van der Waals surface area contributed by atoms with Crippen molar-refractivity contribution in [1.29, 1.82) is 0 Å². The molecule has 0 aromatic heterocycles. The largest absolute Gasteiger partial charge is 0.493 e. The molecule has 8 aromatic rings. The summed E-state index contributed by atoms with van der Waals surface area (Å²) in [4.78, 5) is 121. The summed E-state index contributed by atoms with van der Waals surface area (Å²) >= 11 is 7.01. The maximum Gasteiger partial charge on any atom is 0.417 e. The Kier molecular flexibility index (Phi) is 36.1. The molecule has 37 heteroatoms. The summed E-state index contributed by atoms with van der Waals surface area (Å²) in [5, 5.41) is 9.07. The van der Waals surface area contributed by atoms with Crippen molar-refractivity contribution in [2.75, 3.05) is 101 Å². The van der Waals surface area contributed by atoms with E-state index in [0.29, 0.717) is 147 Å². The quantitative estimate of drug-likeness (QED) is 0.0442. The van der Waals surface area contributed by atoms with Crippen LogP contribution in [-0.2, 0) is 69.9 Å². The normalized spacial score (nSPS) is 19.8. The number of ether oxygens (including phenoxy) is 9. The lowest BCUT2D eigenvalue weighted by Crippen LogP contribution is -2.46. The molecule has 8 heterocycles. The summed E-state index contributed by atoms with van der Waals surface area (Å²) in [5.74, 6) is 2.48. The third-order valence-corrected chi connectivity index (χ3v) is 27.3. The minimum absolute atomic E-state index is 0. The summed E-state index contributed by atoms with van der Waals surface area (Å²) in [6.45, 7) is 35.2. The van der Waals surface area contributed by atoms with Crippen molar-refractivity contribution in [3.8, 4) is 23.0 Å². The van der Waals surface area contributed by atoms with E-state index in [1.54, 1.807) is 111 Å². The van der Waals surface area contributed by atoms with Crippen LogP contribution in [0, 0.1) is 23.7 Å². The van der Waals surface area contributed by atoms with E-state index in [1.165, 1.54) is 16.7 Å². The number of anilines is 2. The van der Waals surface area contributed by atoms with Crippen LogP contribution >= 0.6 is 44.3 Å². The molecule has 8 aliphatic heterocycles. The van der Waals surface area contributed by atoms with Gasteiger partial charge < -0.3 is 73.3 Å². The van der Waals surface area contributed by atoms with E-state index in [-0.39, 0.29) is 97.5 Å². The molecule has 0 saturated carbocycles. The van der Waals surface area contributed by atoms with E-state index in [9.17, 15) is 60.0 Å². The second-order valence-electron chi connectivity index (χ2n) is 42.3. The van der Waals surface area contributed by atoms with Crippen molar-refractivity contribution in [2.45, 2.75) is 207 Å². The van der Waals surface area contributed by atoms with E-state index in [2.05, 4.69) is 81.5 Å². The fourth-order valence-electron chi connectivity index (χ4n) is 18.4. The molecule has 0 radical (unpaired) electrons. The summed E-state index contributed by atoms with van der Waals surface area (Å²) in [6, 6.07) is 53.2. The zero-order valence-electron chi connectivity index (χ0n) is 84.6. The van der Waals surface area contributed by atoms with Crippen LogP contribution in [0.1, 0.15) is 239 Å². The Hall–Kier alpha value is -11.7. The summed E-state index contributed by atoms with van der Waals surface area (Å²) in [6.07, 6.45) is 3.14. The monoisotopic (exact) mass is 2170 g/mol. The minimum atomic E-state index is -3.40. The van der Waals surface area contributed by atoms with Gasteiger partial charge in [-0.25, -0.2) is 50.6 Å². The number of sulfonamides is 2. The molecule has 8 atom stereocenters. The molecule has 0 aliphatic carbocycles. The average molecular weight is 2170 g/mol. The molecule has 0 spiro atoms. The molecule has 9 amide bonds. The molecule has 0 bridgehead atoms. The molecule has 776 valence electrons. The summed E-state index contributed by atoms with van der Waals surface area (Å²) < 4.78 is 105. The fraction of sp³-hybridized carbons (Fsp3) is 0.467. The smallest absolute Gasteiger partial charge is 0.417 e. The molecular formula is C107H133Br2ClN10O22S2. The Morgan fingerprint density at radius 3 is 0.931 bits per heavy atom. The van der Waals surface area contributed by atoms with Gasteiger partial charge in [0, 0.05) is 125 Å². The van der Waals surface area contributed by atoms with Gasteiger partial charge in [0.15, 0.2) is 0 Å². The van der Waals surface area contributed by atoms with Crippen LogP contribution in [0.25, 0.3) is 0 Å². The van der Waals surface area contributed by atoms with E-state index in [4.69, 9.17) is 42.6 Å². The highest BCUT2D eigenvalue weighted by Crippen LogP contribution is 2.42.